The fraction of sp³-hybridized carbons (Fsp3) is 0.0800. The highest BCUT2D eigenvalue weighted by Crippen LogP contribution is 2.23. The van der Waals surface area contributed by atoms with E-state index in [1.165, 1.54) is 20.3 Å². The van der Waals surface area contributed by atoms with Crippen molar-refractivity contribution < 1.29 is 28.6 Å². The van der Waals surface area contributed by atoms with E-state index >= 15 is 0 Å². The van der Waals surface area contributed by atoms with Gasteiger partial charge in [-0.2, -0.15) is 0 Å². The fourth-order valence-electron chi connectivity index (χ4n) is 2.76. The highest BCUT2D eigenvalue weighted by Gasteiger charge is 2.14. The predicted octanol–water partition coefficient (Wildman–Crippen LogP) is 4.37. The van der Waals surface area contributed by atoms with Crippen molar-refractivity contribution in [3.05, 3.63) is 96.2 Å². The molecule has 0 saturated carbocycles. The molecule has 1 amide bonds. The molecule has 0 aromatic heterocycles. The third kappa shape index (κ3) is 6.70. The second kappa shape index (κ2) is 11.1. The number of hydrogen-bond donors (Lipinski definition) is 2. The summed E-state index contributed by atoms with van der Waals surface area (Å²) in [6.07, 6.45) is 0.970. The summed E-state index contributed by atoms with van der Waals surface area (Å²) in [4.78, 5) is 36.1. The van der Waals surface area contributed by atoms with Gasteiger partial charge in [-0.25, -0.2) is 9.59 Å². The molecule has 0 aliphatic rings. The van der Waals surface area contributed by atoms with Crippen molar-refractivity contribution in [3.8, 4) is 11.5 Å². The lowest BCUT2D eigenvalue weighted by Gasteiger charge is -2.11. The molecule has 0 bridgehead atoms. The molecule has 0 unspecified atom stereocenters. The molecule has 0 atom stereocenters. The third-order valence-corrected chi connectivity index (χ3v) is 4.36. The molecule has 0 heterocycles. The largest absolute Gasteiger partial charge is 0.466 e. The van der Waals surface area contributed by atoms with Crippen LogP contribution >= 0.6 is 0 Å². The van der Waals surface area contributed by atoms with Gasteiger partial charge in [-0.15, -0.1) is 0 Å². The van der Waals surface area contributed by atoms with Gasteiger partial charge in [-0.1, -0.05) is 24.3 Å². The van der Waals surface area contributed by atoms with Crippen LogP contribution in [0, 0.1) is 0 Å². The van der Waals surface area contributed by atoms with Gasteiger partial charge in [-0.05, 0) is 54.6 Å². The van der Waals surface area contributed by atoms with Crippen LogP contribution in [0.2, 0.25) is 0 Å². The highest BCUT2D eigenvalue weighted by molar-refractivity contribution is 6.05. The Hall–Kier alpha value is -4.59. The van der Waals surface area contributed by atoms with E-state index < -0.39 is 11.9 Å². The summed E-state index contributed by atoms with van der Waals surface area (Å²) in [5, 5.41) is 5.58. The summed E-state index contributed by atoms with van der Waals surface area (Å²) in [6, 6.07) is 22.8. The van der Waals surface area contributed by atoms with Crippen LogP contribution in [0.1, 0.15) is 10.4 Å². The predicted molar refractivity (Wildman–Crippen MR) is 123 cm³/mol. The molecule has 0 saturated heterocycles. The maximum Gasteiger partial charge on any atom is 0.354 e. The van der Waals surface area contributed by atoms with Gasteiger partial charge in [0.2, 0.25) is 0 Å². The van der Waals surface area contributed by atoms with Crippen LogP contribution in [0.25, 0.3) is 0 Å². The Kier molecular flexibility index (Phi) is 7.80. The first-order chi connectivity index (χ1) is 16.0. The van der Waals surface area contributed by atoms with Crippen molar-refractivity contribution in [1.29, 1.82) is 0 Å². The van der Waals surface area contributed by atoms with Gasteiger partial charge in [0.1, 0.15) is 17.2 Å². The van der Waals surface area contributed by atoms with Gasteiger partial charge in [0.25, 0.3) is 5.91 Å². The fourth-order valence-corrected chi connectivity index (χ4v) is 2.76. The minimum atomic E-state index is -0.756. The first-order valence-corrected chi connectivity index (χ1v) is 9.88. The monoisotopic (exact) mass is 446 g/mol. The maximum atomic E-state index is 12.7. The van der Waals surface area contributed by atoms with E-state index in [1.54, 1.807) is 42.5 Å². The van der Waals surface area contributed by atoms with E-state index in [9.17, 15) is 14.4 Å². The number of hydrogen-bond acceptors (Lipinski definition) is 7. The maximum absolute atomic E-state index is 12.7. The number of amides is 1. The van der Waals surface area contributed by atoms with Gasteiger partial charge < -0.3 is 24.8 Å². The molecule has 33 heavy (non-hydrogen) atoms. The van der Waals surface area contributed by atoms with Crippen molar-refractivity contribution in [1.82, 2.24) is 0 Å². The second-order valence-corrected chi connectivity index (χ2v) is 6.67. The summed E-state index contributed by atoms with van der Waals surface area (Å²) >= 11 is 0. The van der Waals surface area contributed by atoms with E-state index in [4.69, 9.17) is 4.74 Å². The molecule has 168 valence electrons. The molecule has 0 aliphatic carbocycles. The number of esters is 2. The molecule has 8 nitrogen and oxygen atoms in total. The normalized spacial score (nSPS) is 10.7. The number of nitrogens with one attached hydrogen (secondary N) is 2. The summed E-state index contributed by atoms with van der Waals surface area (Å²) in [7, 11) is 2.38. The highest BCUT2D eigenvalue weighted by atomic mass is 16.5. The molecular formula is C25H22N2O6. The molecular weight excluding hydrogens is 424 g/mol. The average molecular weight is 446 g/mol. The second-order valence-electron chi connectivity index (χ2n) is 6.67. The van der Waals surface area contributed by atoms with E-state index in [2.05, 4.69) is 20.1 Å². The Morgan fingerprint density at radius 1 is 0.727 bits per heavy atom. The lowest BCUT2D eigenvalue weighted by Crippen LogP contribution is -2.16. The van der Waals surface area contributed by atoms with E-state index in [-0.39, 0.29) is 11.6 Å². The van der Waals surface area contributed by atoms with E-state index in [1.807, 2.05) is 30.3 Å². The SMILES string of the molecule is COC(=O)/C=C(/Nc1cccc(C(=O)Nc2ccc(Oc3ccccc3)cc2)c1)C(=O)OC. The number of anilines is 2. The molecule has 2 N–H and O–H groups in total. The van der Waals surface area contributed by atoms with Gasteiger partial charge >= 0.3 is 11.9 Å². The molecule has 0 fully saturated rings. The Labute approximate surface area is 190 Å². The van der Waals surface area contributed by atoms with E-state index in [0.717, 1.165) is 6.08 Å². The van der Waals surface area contributed by atoms with Crippen LogP contribution in [0.3, 0.4) is 0 Å². The number of rotatable bonds is 8. The standard InChI is InChI=1S/C25H22N2O6/c1-31-23(28)16-22(25(30)32-2)26-19-8-6-7-17(15-19)24(29)27-18-11-13-21(14-12-18)33-20-9-4-3-5-10-20/h3-16,26H,1-2H3,(H,27,29)/b22-16+. The zero-order chi connectivity index (χ0) is 23.6. The average Bonchev–Trinajstić information content (AvgIpc) is 2.85. The third-order valence-electron chi connectivity index (χ3n) is 4.36. The minimum absolute atomic E-state index is 0.129. The van der Waals surface area contributed by atoms with Crippen molar-refractivity contribution in [2.45, 2.75) is 0 Å². The molecule has 3 rings (SSSR count). The number of para-hydroxylation sites is 1. The Morgan fingerprint density at radius 2 is 1.42 bits per heavy atom. The van der Waals surface area contributed by atoms with E-state index in [0.29, 0.717) is 28.4 Å². The lowest BCUT2D eigenvalue weighted by atomic mass is 10.1. The topological polar surface area (TPSA) is 103 Å². The summed E-state index contributed by atoms with van der Waals surface area (Å²) < 4.78 is 15.0. The summed E-state index contributed by atoms with van der Waals surface area (Å²) in [6.45, 7) is 0. The molecule has 0 radical (unpaired) electrons. The number of carbonyl (C=O) groups excluding carboxylic acids is 3. The Morgan fingerprint density at radius 3 is 2.09 bits per heavy atom. The number of ether oxygens (including phenoxy) is 3. The van der Waals surface area contributed by atoms with Crippen molar-refractivity contribution in [2.24, 2.45) is 0 Å². The zero-order valence-corrected chi connectivity index (χ0v) is 18.0. The first-order valence-electron chi connectivity index (χ1n) is 9.88. The number of carbonyl (C=O) groups is 3. The molecule has 8 heteroatoms. The zero-order valence-electron chi connectivity index (χ0n) is 18.0. The quantitative estimate of drug-likeness (QED) is 0.391. The van der Waals surface area contributed by atoms with Crippen LogP contribution in [0.4, 0.5) is 11.4 Å². The molecule has 0 aliphatic heterocycles. The Balaban J connectivity index is 1.68. The Bertz CT molecular complexity index is 1160. The number of benzene rings is 3. The molecule has 0 spiro atoms. The smallest absolute Gasteiger partial charge is 0.354 e. The van der Waals surface area contributed by atoms with Crippen LogP contribution in [-0.2, 0) is 19.1 Å². The van der Waals surface area contributed by atoms with Crippen LogP contribution in [0.5, 0.6) is 11.5 Å². The van der Waals surface area contributed by atoms with Gasteiger partial charge in [-0.3, -0.25) is 4.79 Å². The van der Waals surface area contributed by atoms with Gasteiger partial charge in [0.05, 0.1) is 20.3 Å². The van der Waals surface area contributed by atoms with Crippen LogP contribution in [0.15, 0.2) is 90.6 Å². The van der Waals surface area contributed by atoms with Crippen molar-refractivity contribution >= 4 is 29.2 Å². The lowest BCUT2D eigenvalue weighted by molar-refractivity contribution is -0.138. The van der Waals surface area contributed by atoms with Crippen molar-refractivity contribution in [2.75, 3.05) is 24.9 Å². The minimum Gasteiger partial charge on any atom is -0.466 e. The number of methoxy groups -OCH3 is 2. The van der Waals surface area contributed by atoms with Crippen LogP contribution < -0.4 is 15.4 Å². The molecule has 3 aromatic rings. The summed E-state index contributed by atoms with van der Waals surface area (Å²) in [5.74, 6) is -0.485. The van der Waals surface area contributed by atoms with Gasteiger partial charge in [0.15, 0.2) is 0 Å². The molecule has 3 aromatic carbocycles. The van der Waals surface area contributed by atoms with Crippen LogP contribution in [-0.4, -0.2) is 32.1 Å². The van der Waals surface area contributed by atoms with Gasteiger partial charge in [0, 0.05) is 16.9 Å². The first kappa shape index (κ1) is 23.1. The summed E-state index contributed by atoms with van der Waals surface area (Å²) in [5.41, 5.74) is 1.21. The van der Waals surface area contributed by atoms with Crippen molar-refractivity contribution in [3.63, 3.8) is 0 Å².